The number of hydrogen-bond donors (Lipinski definition) is 1. The van der Waals surface area contributed by atoms with Gasteiger partial charge in [-0.2, -0.15) is 4.98 Å². The summed E-state index contributed by atoms with van der Waals surface area (Å²) in [6, 6.07) is 13.2. The van der Waals surface area contributed by atoms with Crippen molar-refractivity contribution >= 4 is 11.6 Å². The molecule has 0 aliphatic heterocycles. The number of nitrogens with zero attached hydrogens (tertiary/aromatic N) is 3. The molecule has 0 spiro atoms. The fraction of sp³-hybridized carbons (Fsp3) is 0.176. The Balaban J connectivity index is 1.58. The molecule has 0 radical (unpaired) electrons. The van der Waals surface area contributed by atoms with Crippen molar-refractivity contribution in [3.63, 3.8) is 0 Å². The number of aromatic nitrogens is 3. The predicted molar refractivity (Wildman–Crippen MR) is 85.7 cm³/mol. The number of pyridine rings is 1. The predicted octanol–water partition coefficient (Wildman–Crippen LogP) is 3.01. The number of carbonyl (C=O) groups excluding carboxylic acids is 1. The molecule has 0 saturated heterocycles. The van der Waals surface area contributed by atoms with Crippen molar-refractivity contribution in [2.75, 3.05) is 5.32 Å². The van der Waals surface area contributed by atoms with E-state index in [9.17, 15) is 4.79 Å². The monoisotopic (exact) mass is 308 g/mol. The summed E-state index contributed by atoms with van der Waals surface area (Å²) in [7, 11) is 0. The second-order valence-corrected chi connectivity index (χ2v) is 5.06. The summed E-state index contributed by atoms with van der Waals surface area (Å²) >= 11 is 0. The van der Waals surface area contributed by atoms with Crippen molar-refractivity contribution in [2.45, 2.75) is 19.8 Å². The molecule has 1 aromatic carbocycles. The Kier molecular flexibility index (Phi) is 4.42. The van der Waals surface area contributed by atoms with Gasteiger partial charge in [-0.3, -0.25) is 9.78 Å². The molecule has 0 bridgehead atoms. The molecule has 0 atom stereocenters. The number of amides is 1. The van der Waals surface area contributed by atoms with E-state index in [2.05, 4.69) is 20.4 Å². The summed E-state index contributed by atoms with van der Waals surface area (Å²) in [4.78, 5) is 20.4. The number of aryl methyl sites for hydroxylation is 2. The molecule has 3 rings (SSSR count). The number of nitrogens with one attached hydrogen (secondary N) is 1. The van der Waals surface area contributed by atoms with Crippen molar-refractivity contribution in [3.8, 4) is 11.4 Å². The Labute approximate surface area is 133 Å². The lowest BCUT2D eigenvalue weighted by Gasteiger charge is -2.06. The van der Waals surface area contributed by atoms with Crippen LogP contribution < -0.4 is 5.32 Å². The second-order valence-electron chi connectivity index (χ2n) is 5.06. The molecule has 2 heterocycles. The zero-order valence-electron chi connectivity index (χ0n) is 12.7. The van der Waals surface area contributed by atoms with Gasteiger partial charge in [0.1, 0.15) is 0 Å². The fourth-order valence-corrected chi connectivity index (χ4v) is 2.11. The molecular weight excluding hydrogens is 292 g/mol. The first-order valence-electron chi connectivity index (χ1n) is 7.32. The molecule has 3 aromatic rings. The Bertz CT molecular complexity index is 799. The maximum absolute atomic E-state index is 12.0. The molecule has 0 aliphatic carbocycles. The summed E-state index contributed by atoms with van der Waals surface area (Å²) in [5, 5.41) is 6.76. The topological polar surface area (TPSA) is 80.9 Å². The zero-order valence-corrected chi connectivity index (χ0v) is 12.7. The first-order chi connectivity index (χ1) is 11.2. The number of hydrogen-bond acceptors (Lipinski definition) is 5. The minimum absolute atomic E-state index is 0.111. The minimum Gasteiger partial charge on any atom is -0.339 e. The van der Waals surface area contributed by atoms with Gasteiger partial charge in [0.15, 0.2) is 0 Å². The maximum Gasteiger partial charge on any atom is 0.227 e. The lowest BCUT2D eigenvalue weighted by Crippen LogP contribution is -2.13. The van der Waals surface area contributed by atoms with Gasteiger partial charge in [-0.1, -0.05) is 35.5 Å². The Morgan fingerprint density at radius 3 is 2.78 bits per heavy atom. The molecule has 0 unspecified atom stereocenters. The highest BCUT2D eigenvalue weighted by Crippen LogP contribution is 2.16. The third-order valence-electron chi connectivity index (χ3n) is 3.35. The van der Waals surface area contributed by atoms with E-state index in [1.807, 2.05) is 43.3 Å². The van der Waals surface area contributed by atoms with Crippen molar-refractivity contribution in [3.05, 3.63) is 60.2 Å². The highest BCUT2D eigenvalue weighted by atomic mass is 16.5. The number of benzene rings is 1. The smallest absolute Gasteiger partial charge is 0.227 e. The van der Waals surface area contributed by atoms with Crippen LogP contribution in [0.3, 0.4) is 0 Å². The van der Waals surface area contributed by atoms with Gasteiger partial charge < -0.3 is 9.84 Å². The third-order valence-corrected chi connectivity index (χ3v) is 3.35. The van der Waals surface area contributed by atoms with E-state index in [0.29, 0.717) is 23.8 Å². The van der Waals surface area contributed by atoms with Crippen molar-refractivity contribution in [1.82, 2.24) is 15.1 Å². The number of rotatable bonds is 5. The Hall–Kier alpha value is -3.02. The van der Waals surface area contributed by atoms with Crippen LogP contribution in [0.5, 0.6) is 0 Å². The molecule has 2 aromatic heterocycles. The normalized spacial score (nSPS) is 10.5. The molecule has 6 nitrogen and oxygen atoms in total. The van der Waals surface area contributed by atoms with Crippen molar-refractivity contribution in [2.24, 2.45) is 0 Å². The SMILES string of the molecule is Cc1ncccc1NC(=O)CCc1nc(-c2ccccc2)no1. The van der Waals surface area contributed by atoms with Gasteiger partial charge in [-0.15, -0.1) is 0 Å². The molecule has 0 fully saturated rings. The summed E-state index contributed by atoms with van der Waals surface area (Å²) in [6.07, 6.45) is 2.35. The van der Waals surface area contributed by atoms with Gasteiger partial charge in [-0.05, 0) is 19.1 Å². The molecule has 23 heavy (non-hydrogen) atoms. The van der Waals surface area contributed by atoms with Crippen molar-refractivity contribution in [1.29, 1.82) is 0 Å². The molecule has 0 saturated carbocycles. The van der Waals surface area contributed by atoms with Crippen LogP contribution in [0.25, 0.3) is 11.4 Å². The van der Waals surface area contributed by atoms with Gasteiger partial charge in [-0.25, -0.2) is 0 Å². The first kappa shape index (κ1) is 14.9. The van der Waals surface area contributed by atoms with E-state index in [1.165, 1.54) is 0 Å². The Morgan fingerprint density at radius 1 is 1.17 bits per heavy atom. The average Bonchev–Trinajstić information content (AvgIpc) is 3.05. The van der Waals surface area contributed by atoms with E-state index < -0.39 is 0 Å². The van der Waals surface area contributed by atoms with E-state index in [4.69, 9.17) is 4.52 Å². The summed E-state index contributed by atoms with van der Waals surface area (Å²) in [5.74, 6) is 0.867. The van der Waals surface area contributed by atoms with Crippen LogP contribution in [0.15, 0.2) is 53.2 Å². The van der Waals surface area contributed by atoms with Crippen LogP contribution in [0.1, 0.15) is 18.0 Å². The highest BCUT2D eigenvalue weighted by Gasteiger charge is 2.11. The Morgan fingerprint density at radius 2 is 2.00 bits per heavy atom. The second kappa shape index (κ2) is 6.83. The van der Waals surface area contributed by atoms with Crippen molar-refractivity contribution < 1.29 is 9.32 Å². The van der Waals surface area contributed by atoms with Gasteiger partial charge in [0, 0.05) is 24.6 Å². The lowest BCUT2D eigenvalue weighted by atomic mass is 10.2. The molecule has 1 amide bonds. The average molecular weight is 308 g/mol. The van der Waals surface area contributed by atoms with Gasteiger partial charge in [0.25, 0.3) is 0 Å². The summed E-state index contributed by atoms with van der Waals surface area (Å²) in [5.41, 5.74) is 2.39. The van der Waals surface area contributed by atoms with E-state index in [0.717, 1.165) is 11.3 Å². The number of carbonyl (C=O) groups is 1. The van der Waals surface area contributed by atoms with Crippen LogP contribution in [-0.2, 0) is 11.2 Å². The molecular formula is C17H16N4O2. The molecule has 0 aliphatic rings. The van der Waals surface area contributed by atoms with Crippen LogP contribution in [-0.4, -0.2) is 21.0 Å². The molecule has 1 N–H and O–H groups in total. The first-order valence-corrected chi connectivity index (χ1v) is 7.32. The largest absolute Gasteiger partial charge is 0.339 e. The highest BCUT2D eigenvalue weighted by molar-refractivity contribution is 5.91. The molecule has 6 heteroatoms. The quantitative estimate of drug-likeness (QED) is 0.783. The zero-order chi connectivity index (χ0) is 16.1. The summed E-state index contributed by atoms with van der Waals surface area (Å²) < 4.78 is 5.19. The van der Waals surface area contributed by atoms with Gasteiger partial charge in [0.2, 0.25) is 17.6 Å². The standard InChI is InChI=1S/C17H16N4O2/c1-12-14(8-5-11-18-12)19-15(22)9-10-16-20-17(21-23-16)13-6-3-2-4-7-13/h2-8,11H,9-10H2,1H3,(H,19,22). The van der Waals surface area contributed by atoms with E-state index in [-0.39, 0.29) is 12.3 Å². The van der Waals surface area contributed by atoms with Crippen LogP contribution >= 0.6 is 0 Å². The van der Waals surface area contributed by atoms with Gasteiger partial charge >= 0.3 is 0 Å². The third kappa shape index (κ3) is 3.79. The molecule has 116 valence electrons. The van der Waals surface area contributed by atoms with Gasteiger partial charge in [0.05, 0.1) is 11.4 Å². The number of anilines is 1. The fourth-order valence-electron chi connectivity index (χ4n) is 2.11. The minimum atomic E-state index is -0.111. The van der Waals surface area contributed by atoms with E-state index >= 15 is 0 Å². The van der Waals surface area contributed by atoms with E-state index in [1.54, 1.807) is 12.3 Å². The summed E-state index contributed by atoms with van der Waals surface area (Å²) in [6.45, 7) is 1.85. The van der Waals surface area contributed by atoms with Crippen LogP contribution in [0, 0.1) is 6.92 Å². The van der Waals surface area contributed by atoms with Crippen LogP contribution in [0.4, 0.5) is 5.69 Å². The van der Waals surface area contributed by atoms with Crippen LogP contribution in [0.2, 0.25) is 0 Å². The lowest BCUT2D eigenvalue weighted by molar-refractivity contribution is -0.116. The maximum atomic E-state index is 12.0.